The van der Waals surface area contributed by atoms with Crippen molar-refractivity contribution in [3.63, 3.8) is 0 Å². The zero-order valence-electron chi connectivity index (χ0n) is 17.3. The standard InChI is InChI=1S/C19H30N6O2.HI/c1-6-27-17-9-7-16(8-10-17)14-24(3)19(20-11-12-26-5)21-13-18-23-22-15(2)25(18)4;/h7-10H,6,11-14H2,1-5H3,(H,20,21);1H. The maximum atomic E-state index is 5.50. The molecule has 0 saturated heterocycles. The Kier molecular flexibility index (Phi) is 10.8. The Morgan fingerprint density at radius 2 is 1.96 bits per heavy atom. The molecule has 8 nitrogen and oxygen atoms in total. The number of benzene rings is 1. The molecule has 1 aromatic heterocycles. The van der Waals surface area contributed by atoms with Crippen LogP contribution >= 0.6 is 24.0 Å². The summed E-state index contributed by atoms with van der Waals surface area (Å²) in [4.78, 5) is 6.79. The van der Waals surface area contributed by atoms with Gasteiger partial charge in [-0.25, -0.2) is 4.99 Å². The molecule has 28 heavy (non-hydrogen) atoms. The molecule has 9 heteroatoms. The summed E-state index contributed by atoms with van der Waals surface area (Å²) in [5.74, 6) is 3.38. The van der Waals surface area contributed by atoms with Crippen LogP contribution in [0.4, 0.5) is 0 Å². The molecule has 1 N–H and O–H groups in total. The van der Waals surface area contributed by atoms with Gasteiger partial charge in [-0.05, 0) is 31.5 Å². The lowest BCUT2D eigenvalue weighted by Gasteiger charge is -2.22. The number of aliphatic imine (C=N–C) groups is 1. The average Bonchev–Trinajstić information content (AvgIpc) is 2.98. The number of nitrogens with zero attached hydrogens (tertiary/aromatic N) is 5. The van der Waals surface area contributed by atoms with Crippen molar-refractivity contribution in [2.24, 2.45) is 12.0 Å². The lowest BCUT2D eigenvalue weighted by molar-refractivity contribution is 0.203. The summed E-state index contributed by atoms with van der Waals surface area (Å²) in [6.07, 6.45) is 0. The molecule has 0 aliphatic rings. The van der Waals surface area contributed by atoms with Gasteiger partial charge in [0, 0.05) is 34.3 Å². The van der Waals surface area contributed by atoms with Crippen LogP contribution < -0.4 is 10.1 Å². The van der Waals surface area contributed by atoms with Gasteiger partial charge in [0.1, 0.15) is 18.1 Å². The summed E-state index contributed by atoms with van der Waals surface area (Å²) in [5.41, 5.74) is 1.18. The van der Waals surface area contributed by atoms with Gasteiger partial charge >= 0.3 is 0 Å². The molecule has 0 bridgehead atoms. The second kappa shape index (κ2) is 12.6. The number of ether oxygens (including phenoxy) is 2. The summed E-state index contributed by atoms with van der Waals surface area (Å²) in [6, 6.07) is 8.12. The average molecular weight is 502 g/mol. The SMILES string of the molecule is CCOc1ccc(CN(C)C(=NCc2nnc(C)n2C)NCCOC)cc1.I. The molecule has 0 amide bonds. The predicted octanol–water partition coefficient (Wildman–Crippen LogP) is 2.36. The van der Waals surface area contributed by atoms with Gasteiger partial charge in [-0.1, -0.05) is 12.1 Å². The van der Waals surface area contributed by atoms with Crippen LogP contribution in [0.3, 0.4) is 0 Å². The molecular weight excluding hydrogens is 471 g/mol. The van der Waals surface area contributed by atoms with Crippen molar-refractivity contribution >= 4 is 29.9 Å². The molecule has 0 aliphatic carbocycles. The minimum atomic E-state index is 0. The van der Waals surface area contributed by atoms with Crippen LogP contribution in [0.2, 0.25) is 0 Å². The molecule has 0 radical (unpaired) electrons. The number of hydrogen-bond donors (Lipinski definition) is 1. The van der Waals surface area contributed by atoms with E-state index in [9.17, 15) is 0 Å². The molecule has 0 atom stereocenters. The number of methoxy groups -OCH3 is 1. The van der Waals surface area contributed by atoms with Crippen molar-refractivity contribution in [3.8, 4) is 5.75 Å². The topological polar surface area (TPSA) is 76.8 Å². The van der Waals surface area contributed by atoms with Crippen molar-refractivity contribution in [2.75, 3.05) is 33.9 Å². The number of aryl methyl sites for hydroxylation is 1. The predicted molar refractivity (Wildman–Crippen MR) is 121 cm³/mol. The third-order valence-electron chi connectivity index (χ3n) is 4.16. The Bertz CT molecular complexity index is 733. The van der Waals surface area contributed by atoms with Crippen LogP contribution in [0.1, 0.15) is 24.1 Å². The Hall–Kier alpha value is -1.88. The van der Waals surface area contributed by atoms with Crippen LogP contribution in [0, 0.1) is 6.92 Å². The first-order valence-corrected chi connectivity index (χ1v) is 9.10. The molecule has 2 aromatic rings. The first kappa shape index (κ1) is 24.2. The van der Waals surface area contributed by atoms with E-state index in [1.54, 1.807) is 7.11 Å². The summed E-state index contributed by atoms with van der Waals surface area (Å²) < 4.78 is 12.6. The number of hydrogen-bond acceptors (Lipinski definition) is 5. The zero-order chi connectivity index (χ0) is 19.6. The summed E-state index contributed by atoms with van der Waals surface area (Å²) >= 11 is 0. The highest BCUT2D eigenvalue weighted by Gasteiger charge is 2.10. The van der Waals surface area contributed by atoms with Crippen molar-refractivity contribution in [1.82, 2.24) is 25.0 Å². The normalized spacial score (nSPS) is 11.1. The number of rotatable bonds is 9. The van der Waals surface area contributed by atoms with Gasteiger partial charge < -0.3 is 24.3 Å². The number of aromatic nitrogens is 3. The van der Waals surface area contributed by atoms with E-state index in [1.807, 2.05) is 44.6 Å². The van der Waals surface area contributed by atoms with Gasteiger partial charge in [0.25, 0.3) is 0 Å². The molecule has 0 saturated carbocycles. The quantitative estimate of drug-likeness (QED) is 0.246. The monoisotopic (exact) mass is 502 g/mol. The molecule has 1 aromatic carbocycles. The van der Waals surface area contributed by atoms with Crippen LogP contribution in [-0.2, 0) is 24.9 Å². The maximum absolute atomic E-state index is 5.50. The summed E-state index contributed by atoms with van der Waals surface area (Å²) in [5, 5.41) is 11.6. The fourth-order valence-electron chi connectivity index (χ4n) is 2.52. The van der Waals surface area contributed by atoms with Gasteiger partial charge in [-0.3, -0.25) is 0 Å². The molecule has 0 fully saturated rings. The highest BCUT2D eigenvalue weighted by atomic mass is 127. The molecule has 1 heterocycles. The Balaban J connectivity index is 0.00000392. The molecule has 0 aliphatic heterocycles. The largest absolute Gasteiger partial charge is 0.494 e. The van der Waals surface area contributed by atoms with E-state index in [0.29, 0.717) is 26.3 Å². The lowest BCUT2D eigenvalue weighted by Crippen LogP contribution is -2.40. The third kappa shape index (κ3) is 7.27. The van der Waals surface area contributed by atoms with E-state index in [2.05, 4.69) is 32.5 Å². The Morgan fingerprint density at radius 1 is 1.25 bits per heavy atom. The lowest BCUT2D eigenvalue weighted by atomic mass is 10.2. The smallest absolute Gasteiger partial charge is 0.194 e. The number of halogens is 1. The van der Waals surface area contributed by atoms with E-state index in [0.717, 1.165) is 29.9 Å². The first-order chi connectivity index (χ1) is 13.0. The minimum Gasteiger partial charge on any atom is -0.494 e. The van der Waals surface area contributed by atoms with Crippen LogP contribution in [0.5, 0.6) is 5.75 Å². The van der Waals surface area contributed by atoms with E-state index < -0.39 is 0 Å². The Labute approximate surface area is 184 Å². The maximum Gasteiger partial charge on any atom is 0.194 e. The van der Waals surface area contributed by atoms with Crippen LogP contribution in [-0.4, -0.2) is 59.5 Å². The van der Waals surface area contributed by atoms with E-state index in [4.69, 9.17) is 14.5 Å². The molecule has 156 valence electrons. The summed E-state index contributed by atoms with van der Waals surface area (Å²) in [6.45, 7) is 7.05. The zero-order valence-corrected chi connectivity index (χ0v) is 19.6. The third-order valence-corrected chi connectivity index (χ3v) is 4.16. The van der Waals surface area contributed by atoms with Gasteiger partial charge in [-0.15, -0.1) is 34.2 Å². The molecule has 2 rings (SSSR count). The van der Waals surface area contributed by atoms with Crippen LogP contribution in [0.15, 0.2) is 29.3 Å². The number of nitrogens with one attached hydrogen (secondary N) is 1. The number of guanidine groups is 1. The fourth-order valence-corrected chi connectivity index (χ4v) is 2.52. The van der Waals surface area contributed by atoms with Crippen LogP contribution in [0.25, 0.3) is 0 Å². The molecular formula is C19H31IN6O2. The van der Waals surface area contributed by atoms with E-state index in [1.165, 1.54) is 5.56 Å². The van der Waals surface area contributed by atoms with Gasteiger partial charge in [0.05, 0.1) is 13.2 Å². The van der Waals surface area contributed by atoms with Gasteiger partial charge in [0.15, 0.2) is 11.8 Å². The van der Waals surface area contributed by atoms with E-state index >= 15 is 0 Å². The molecule has 0 unspecified atom stereocenters. The Morgan fingerprint density at radius 3 is 2.54 bits per heavy atom. The minimum absolute atomic E-state index is 0. The van der Waals surface area contributed by atoms with Gasteiger partial charge in [-0.2, -0.15) is 0 Å². The first-order valence-electron chi connectivity index (χ1n) is 9.10. The van der Waals surface area contributed by atoms with Gasteiger partial charge in [0.2, 0.25) is 0 Å². The highest BCUT2D eigenvalue weighted by molar-refractivity contribution is 14.0. The highest BCUT2D eigenvalue weighted by Crippen LogP contribution is 2.13. The van der Waals surface area contributed by atoms with Crippen molar-refractivity contribution in [3.05, 3.63) is 41.5 Å². The van der Waals surface area contributed by atoms with Crippen molar-refractivity contribution in [1.29, 1.82) is 0 Å². The second-order valence-electron chi connectivity index (χ2n) is 6.21. The second-order valence-corrected chi connectivity index (χ2v) is 6.21. The summed E-state index contributed by atoms with van der Waals surface area (Å²) in [7, 11) is 5.64. The van der Waals surface area contributed by atoms with E-state index in [-0.39, 0.29) is 24.0 Å². The molecule has 0 spiro atoms. The van der Waals surface area contributed by atoms with Crippen molar-refractivity contribution < 1.29 is 9.47 Å². The van der Waals surface area contributed by atoms with Crippen molar-refractivity contribution in [2.45, 2.75) is 26.9 Å². The fraction of sp³-hybridized carbons (Fsp3) is 0.526.